The van der Waals surface area contributed by atoms with Crippen LogP contribution in [-0.4, -0.2) is 49.9 Å². The number of nitrogens with one attached hydrogen (secondary N) is 1. The Kier molecular flexibility index (Phi) is 6.35. The molecule has 3 rings (SSSR count). The smallest absolute Gasteiger partial charge is 0.317 e. The largest absolute Gasteiger partial charge is 0.494 e. The highest BCUT2D eigenvalue weighted by Gasteiger charge is 2.24. The maximum absolute atomic E-state index is 12.2. The van der Waals surface area contributed by atoms with E-state index in [1.54, 1.807) is 0 Å². The highest BCUT2D eigenvalue weighted by Crippen LogP contribution is 2.21. The Morgan fingerprint density at radius 2 is 2.00 bits per heavy atom. The average molecular weight is 332 g/mol. The summed E-state index contributed by atoms with van der Waals surface area (Å²) in [7, 11) is 0. The zero-order valence-electron chi connectivity index (χ0n) is 14.3. The minimum Gasteiger partial charge on any atom is -0.494 e. The number of hydrogen-bond donors (Lipinski definition) is 1. The van der Waals surface area contributed by atoms with E-state index in [-0.39, 0.29) is 12.1 Å². The summed E-state index contributed by atoms with van der Waals surface area (Å²) in [5.41, 5.74) is 0. The van der Waals surface area contributed by atoms with Gasteiger partial charge < -0.3 is 19.7 Å². The van der Waals surface area contributed by atoms with E-state index in [2.05, 4.69) is 5.32 Å². The van der Waals surface area contributed by atoms with Gasteiger partial charge in [0.1, 0.15) is 5.75 Å². The Labute approximate surface area is 144 Å². The highest BCUT2D eigenvalue weighted by molar-refractivity contribution is 5.74. The number of carbonyl (C=O) groups excluding carboxylic acids is 1. The minimum atomic E-state index is 0.0597. The number of ether oxygens (including phenoxy) is 2. The second-order valence-electron chi connectivity index (χ2n) is 6.70. The van der Waals surface area contributed by atoms with E-state index in [1.165, 1.54) is 0 Å². The normalized spacial score (nSPS) is 21.7. The fourth-order valence-electron chi connectivity index (χ4n) is 3.40. The van der Waals surface area contributed by atoms with Crippen LogP contribution in [0, 0.1) is 5.92 Å². The van der Waals surface area contributed by atoms with Crippen molar-refractivity contribution in [2.75, 3.05) is 32.8 Å². The molecule has 5 heteroatoms. The van der Waals surface area contributed by atoms with Gasteiger partial charge in [-0.15, -0.1) is 0 Å². The predicted molar refractivity (Wildman–Crippen MR) is 93.2 cm³/mol. The summed E-state index contributed by atoms with van der Waals surface area (Å²) in [6.07, 6.45) is 5.56. The maximum atomic E-state index is 12.2. The van der Waals surface area contributed by atoms with Crippen molar-refractivity contribution in [1.82, 2.24) is 10.2 Å². The zero-order chi connectivity index (χ0) is 16.6. The molecule has 0 radical (unpaired) electrons. The third kappa shape index (κ3) is 5.13. The Hall–Kier alpha value is -1.75. The first-order valence-electron chi connectivity index (χ1n) is 9.13. The standard InChI is InChI=1S/C19H28N2O3/c22-19(20-15-18-7-4-13-23-18)21-11-8-16(9-12-21)10-14-24-17-5-2-1-3-6-17/h1-3,5-6,16,18H,4,7-15H2,(H,20,22)/t18-/m0/s1. The summed E-state index contributed by atoms with van der Waals surface area (Å²) in [6, 6.07) is 10.0. The van der Waals surface area contributed by atoms with Gasteiger partial charge in [0.2, 0.25) is 0 Å². The van der Waals surface area contributed by atoms with Crippen molar-refractivity contribution in [3.63, 3.8) is 0 Å². The van der Waals surface area contributed by atoms with Crippen LogP contribution in [0.2, 0.25) is 0 Å². The van der Waals surface area contributed by atoms with Gasteiger partial charge in [-0.2, -0.15) is 0 Å². The van der Waals surface area contributed by atoms with Crippen LogP contribution in [0.3, 0.4) is 0 Å². The van der Waals surface area contributed by atoms with E-state index in [4.69, 9.17) is 9.47 Å². The van der Waals surface area contributed by atoms with Gasteiger partial charge in [0.15, 0.2) is 0 Å². The fourth-order valence-corrected chi connectivity index (χ4v) is 3.40. The van der Waals surface area contributed by atoms with Crippen molar-refractivity contribution in [2.24, 2.45) is 5.92 Å². The second kappa shape index (κ2) is 8.92. The van der Waals surface area contributed by atoms with Crippen molar-refractivity contribution < 1.29 is 14.3 Å². The van der Waals surface area contributed by atoms with Crippen molar-refractivity contribution in [3.05, 3.63) is 30.3 Å². The molecule has 0 spiro atoms. The molecule has 2 saturated heterocycles. The molecule has 1 aromatic rings. The van der Waals surface area contributed by atoms with Crippen LogP contribution in [0.4, 0.5) is 4.79 Å². The van der Waals surface area contributed by atoms with Gasteiger partial charge in [0.25, 0.3) is 0 Å². The second-order valence-corrected chi connectivity index (χ2v) is 6.70. The zero-order valence-corrected chi connectivity index (χ0v) is 14.3. The lowest BCUT2D eigenvalue weighted by molar-refractivity contribution is 0.106. The first-order valence-corrected chi connectivity index (χ1v) is 9.13. The molecule has 5 nitrogen and oxygen atoms in total. The van der Waals surface area contributed by atoms with Gasteiger partial charge in [0.05, 0.1) is 12.7 Å². The van der Waals surface area contributed by atoms with Crippen LogP contribution < -0.4 is 10.1 Å². The van der Waals surface area contributed by atoms with Gasteiger partial charge in [-0.3, -0.25) is 0 Å². The Morgan fingerprint density at radius 3 is 2.71 bits per heavy atom. The van der Waals surface area contributed by atoms with Crippen LogP contribution in [0.15, 0.2) is 30.3 Å². The van der Waals surface area contributed by atoms with Gasteiger partial charge in [-0.1, -0.05) is 18.2 Å². The maximum Gasteiger partial charge on any atom is 0.317 e. The molecule has 2 aliphatic heterocycles. The SMILES string of the molecule is O=C(NC[C@@H]1CCCO1)N1CCC(CCOc2ccccc2)CC1. The highest BCUT2D eigenvalue weighted by atomic mass is 16.5. The molecule has 1 N–H and O–H groups in total. The molecule has 0 aromatic heterocycles. The molecular formula is C19H28N2O3. The number of hydrogen-bond acceptors (Lipinski definition) is 3. The summed E-state index contributed by atoms with van der Waals surface area (Å²) in [5.74, 6) is 1.58. The van der Waals surface area contributed by atoms with E-state index < -0.39 is 0 Å². The molecule has 0 saturated carbocycles. The van der Waals surface area contributed by atoms with Gasteiger partial charge >= 0.3 is 6.03 Å². The van der Waals surface area contributed by atoms with E-state index in [0.717, 1.165) is 64.2 Å². The summed E-state index contributed by atoms with van der Waals surface area (Å²) in [6.45, 7) is 3.90. The van der Waals surface area contributed by atoms with E-state index >= 15 is 0 Å². The quantitative estimate of drug-likeness (QED) is 0.871. The molecule has 1 aromatic carbocycles. The molecule has 2 heterocycles. The first kappa shape index (κ1) is 17.1. The number of nitrogens with zero attached hydrogens (tertiary/aromatic N) is 1. The van der Waals surface area contributed by atoms with Gasteiger partial charge in [0, 0.05) is 26.2 Å². The number of piperidine rings is 1. The number of benzene rings is 1. The van der Waals surface area contributed by atoms with E-state index in [1.807, 2.05) is 35.2 Å². The topological polar surface area (TPSA) is 50.8 Å². The predicted octanol–water partition coefficient (Wildman–Crippen LogP) is 3.06. The third-order valence-electron chi connectivity index (χ3n) is 4.94. The molecular weight excluding hydrogens is 304 g/mol. The molecule has 2 fully saturated rings. The molecule has 2 amide bonds. The number of carbonyl (C=O) groups is 1. The van der Waals surface area contributed by atoms with Crippen LogP contribution in [0.5, 0.6) is 5.75 Å². The van der Waals surface area contributed by atoms with Crippen LogP contribution in [0.25, 0.3) is 0 Å². The number of rotatable bonds is 6. The molecule has 0 aliphatic carbocycles. The molecule has 1 atom stereocenters. The minimum absolute atomic E-state index is 0.0597. The summed E-state index contributed by atoms with van der Waals surface area (Å²) < 4.78 is 11.3. The molecule has 2 aliphatic rings. The van der Waals surface area contributed by atoms with E-state index in [9.17, 15) is 4.79 Å². The lowest BCUT2D eigenvalue weighted by Crippen LogP contribution is -2.46. The Bertz CT molecular complexity index is 495. The van der Waals surface area contributed by atoms with Crippen molar-refractivity contribution in [3.8, 4) is 5.75 Å². The average Bonchev–Trinajstić information content (AvgIpc) is 3.15. The molecule has 0 unspecified atom stereocenters. The lowest BCUT2D eigenvalue weighted by atomic mass is 9.94. The Morgan fingerprint density at radius 1 is 1.21 bits per heavy atom. The number of amides is 2. The molecule has 24 heavy (non-hydrogen) atoms. The lowest BCUT2D eigenvalue weighted by Gasteiger charge is -2.32. The molecule has 0 bridgehead atoms. The summed E-state index contributed by atoms with van der Waals surface area (Å²) in [4.78, 5) is 14.1. The summed E-state index contributed by atoms with van der Waals surface area (Å²) >= 11 is 0. The van der Waals surface area contributed by atoms with Crippen molar-refractivity contribution in [1.29, 1.82) is 0 Å². The monoisotopic (exact) mass is 332 g/mol. The van der Waals surface area contributed by atoms with Crippen LogP contribution in [-0.2, 0) is 4.74 Å². The Balaban J connectivity index is 1.29. The third-order valence-corrected chi connectivity index (χ3v) is 4.94. The summed E-state index contributed by atoms with van der Waals surface area (Å²) in [5, 5.41) is 3.01. The van der Waals surface area contributed by atoms with E-state index in [0.29, 0.717) is 12.5 Å². The van der Waals surface area contributed by atoms with Crippen LogP contribution >= 0.6 is 0 Å². The number of likely N-dealkylation sites (tertiary alicyclic amines) is 1. The number of urea groups is 1. The van der Waals surface area contributed by atoms with Crippen molar-refractivity contribution in [2.45, 2.75) is 38.2 Å². The van der Waals surface area contributed by atoms with Gasteiger partial charge in [-0.25, -0.2) is 4.79 Å². The van der Waals surface area contributed by atoms with Gasteiger partial charge in [-0.05, 0) is 50.2 Å². The van der Waals surface area contributed by atoms with Crippen LogP contribution in [0.1, 0.15) is 32.1 Å². The number of para-hydroxylation sites is 1. The first-order chi connectivity index (χ1) is 11.8. The molecule has 132 valence electrons. The fraction of sp³-hybridized carbons (Fsp3) is 0.632. The van der Waals surface area contributed by atoms with Crippen molar-refractivity contribution >= 4 is 6.03 Å².